The largest absolute Gasteiger partial charge is 0.348 e. The predicted octanol–water partition coefficient (Wildman–Crippen LogP) is 1.56. The molecule has 0 aromatic carbocycles. The van der Waals surface area contributed by atoms with E-state index in [1.165, 1.54) is 0 Å². The molecule has 0 bridgehead atoms. The predicted molar refractivity (Wildman–Crippen MR) is 87.1 cm³/mol. The van der Waals surface area contributed by atoms with Gasteiger partial charge in [0.2, 0.25) is 0 Å². The third kappa shape index (κ3) is 2.58. The second kappa shape index (κ2) is 5.49. The van der Waals surface area contributed by atoms with Gasteiger partial charge in [-0.2, -0.15) is 10.2 Å². The first-order valence-corrected chi connectivity index (χ1v) is 7.45. The third-order valence-corrected chi connectivity index (χ3v) is 4.16. The summed E-state index contributed by atoms with van der Waals surface area (Å²) in [6.07, 6.45) is 1.68. The van der Waals surface area contributed by atoms with E-state index >= 15 is 0 Å². The Kier molecular flexibility index (Phi) is 3.63. The average Bonchev–Trinajstić information content (AvgIpc) is 2.98. The SMILES string of the molecule is Cc1cc(C(=O)NCc2c(C)nn(C)c2C)c2cnn(C)c2n1. The van der Waals surface area contributed by atoms with Crippen LogP contribution in [-0.4, -0.2) is 30.5 Å². The van der Waals surface area contributed by atoms with Gasteiger partial charge in [0, 0.05) is 37.6 Å². The lowest BCUT2D eigenvalue weighted by Crippen LogP contribution is -2.24. The molecular weight excluding hydrogens is 292 g/mol. The van der Waals surface area contributed by atoms with Gasteiger partial charge < -0.3 is 5.32 Å². The molecule has 0 atom stereocenters. The number of carbonyl (C=O) groups excluding carboxylic acids is 1. The molecule has 0 saturated heterocycles. The van der Waals surface area contributed by atoms with Crippen LogP contribution >= 0.6 is 0 Å². The zero-order chi connectivity index (χ0) is 16.7. The smallest absolute Gasteiger partial charge is 0.252 e. The van der Waals surface area contributed by atoms with Gasteiger partial charge in [-0.15, -0.1) is 0 Å². The number of nitrogens with one attached hydrogen (secondary N) is 1. The fourth-order valence-electron chi connectivity index (χ4n) is 2.76. The summed E-state index contributed by atoms with van der Waals surface area (Å²) >= 11 is 0. The maximum atomic E-state index is 12.6. The summed E-state index contributed by atoms with van der Waals surface area (Å²) in [5, 5.41) is 12.3. The Morgan fingerprint density at radius 2 is 1.96 bits per heavy atom. The van der Waals surface area contributed by atoms with Crippen molar-refractivity contribution in [2.45, 2.75) is 27.3 Å². The van der Waals surface area contributed by atoms with E-state index in [1.54, 1.807) is 16.9 Å². The standard InChI is InChI=1S/C16H20N6O/c1-9-6-12(14-8-18-22(5)15(14)19-9)16(23)17-7-13-10(2)20-21(4)11(13)3/h6,8H,7H2,1-5H3,(H,17,23). The molecule has 1 N–H and O–H groups in total. The fraction of sp³-hybridized carbons (Fsp3) is 0.375. The molecule has 23 heavy (non-hydrogen) atoms. The van der Waals surface area contributed by atoms with Crippen LogP contribution in [0.2, 0.25) is 0 Å². The maximum absolute atomic E-state index is 12.6. The van der Waals surface area contributed by atoms with Crippen molar-refractivity contribution >= 4 is 16.9 Å². The molecule has 7 nitrogen and oxygen atoms in total. The molecule has 0 spiro atoms. The first-order valence-electron chi connectivity index (χ1n) is 7.45. The molecule has 7 heteroatoms. The van der Waals surface area contributed by atoms with Crippen molar-refractivity contribution < 1.29 is 4.79 Å². The van der Waals surface area contributed by atoms with E-state index < -0.39 is 0 Å². The first-order chi connectivity index (χ1) is 10.9. The van der Waals surface area contributed by atoms with Crippen molar-refractivity contribution in [2.75, 3.05) is 0 Å². The van der Waals surface area contributed by atoms with Crippen LogP contribution in [0.3, 0.4) is 0 Å². The monoisotopic (exact) mass is 312 g/mol. The van der Waals surface area contributed by atoms with Gasteiger partial charge in [0.15, 0.2) is 5.65 Å². The lowest BCUT2D eigenvalue weighted by Gasteiger charge is -2.08. The Morgan fingerprint density at radius 3 is 2.61 bits per heavy atom. The highest BCUT2D eigenvalue weighted by atomic mass is 16.1. The van der Waals surface area contributed by atoms with E-state index in [0.29, 0.717) is 17.8 Å². The third-order valence-electron chi connectivity index (χ3n) is 4.16. The van der Waals surface area contributed by atoms with Crippen LogP contribution in [0.4, 0.5) is 0 Å². The Morgan fingerprint density at radius 1 is 1.22 bits per heavy atom. The van der Waals surface area contributed by atoms with Gasteiger partial charge in [-0.1, -0.05) is 0 Å². The van der Waals surface area contributed by atoms with Gasteiger partial charge in [-0.3, -0.25) is 14.2 Å². The van der Waals surface area contributed by atoms with Gasteiger partial charge in [0.1, 0.15) is 0 Å². The van der Waals surface area contributed by atoms with Gasteiger partial charge in [-0.05, 0) is 26.8 Å². The molecule has 3 heterocycles. The second-order valence-corrected chi connectivity index (χ2v) is 5.77. The Balaban J connectivity index is 1.89. The normalized spacial score (nSPS) is 11.2. The van der Waals surface area contributed by atoms with Crippen LogP contribution in [-0.2, 0) is 20.6 Å². The zero-order valence-corrected chi connectivity index (χ0v) is 14.0. The van der Waals surface area contributed by atoms with E-state index in [2.05, 4.69) is 20.5 Å². The molecule has 1 amide bonds. The fourth-order valence-corrected chi connectivity index (χ4v) is 2.76. The number of hydrogen-bond donors (Lipinski definition) is 1. The number of aromatic nitrogens is 5. The number of aryl methyl sites for hydroxylation is 4. The first kappa shape index (κ1) is 15.2. The van der Waals surface area contributed by atoms with E-state index in [4.69, 9.17) is 0 Å². The molecule has 0 unspecified atom stereocenters. The molecule has 0 fully saturated rings. The van der Waals surface area contributed by atoms with Crippen molar-refractivity contribution in [3.8, 4) is 0 Å². The summed E-state index contributed by atoms with van der Waals surface area (Å²) in [4.78, 5) is 17.1. The van der Waals surface area contributed by atoms with E-state index in [1.807, 2.05) is 39.5 Å². The molecular formula is C16H20N6O. The van der Waals surface area contributed by atoms with Gasteiger partial charge in [0.05, 0.1) is 22.8 Å². The Labute approximate surface area is 134 Å². The van der Waals surface area contributed by atoms with E-state index in [-0.39, 0.29) is 5.91 Å². The maximum Gasteiger partial charge on any atom is 0.252 e. The lowest BCUT2D eigenvalue weighted by molar-refractivity contribution is 0.0952. The van der Waals surface area contributed by atoms with Crippen molar-refractivity contribution in [2.24, 2.45) is 14.1 Å². The van der Waals surface area contributed by atoms with Gasteiger partial charge in [0.25, 0.3) is 5.91 Å². The highest BCUT2D eigenvalue weighted by Gasteiger charge is 2.16. The van der Waals surface area contributed by atoms with Crippen molar-refractivity contribution in [3.63, 3.8) is 0 Å². The van der Waals surface area contributed by atoms with Crippen molar-refractivity contribution in [1.82, 2.24) is 29.9 Å². The number of fused-ring (bicyclic) bond motifs is 1. The van der Waals surface area contributed by atoms with Gasteiger partial charge >= 0.3 is 0 Å². The van der Waals surface area contributed by atoms with Crippen molar-refractivity contribution in [1.29, 1.82) is 0 Å². The van der Waals surface area contributed by atoms with Crippen LogP contribution in [0.25, 0.3) is 11.0 Å². The Bertz CT molecular complexity index is 905. The highest BCUT2D eigenvalue weighted by molar-refractivity contribution is 6.05. The minimum atomic E-state index is -0.129. The summed E-state index contributed by atoms with van der Waals surface area (Å²) in [5.74, 6) is -0.129. The number of amides is 1. The number of carbonyl (C=O) groups is 1. The van der Waals surface area contributed by atoms with E-state index in [0.717, 1.165) is 28.0 Å². The summed E-state index contributed by atoms with van der Waals surface area (Å²) in [7, 11) is 3.72. The minimum absolute atomic E-state index is 0.129. The van der Waals surface area contributed by atoms with Crippen LogP contribution < -0.4 is 5.32 Å². The van der Waals surface area contributed by atoms with Crippen LogP contribution in [0.15, 0.2) is 12.3 Å². The topological polar surface area (TPSA) is 77.6 Å². The average molecular weight is 312 g/mol. The quantitative estimate of drug-likeness (QED) is 0.796. The van der Waals surface area contributed by atoms with Crippen LogP contribution in [0.5, 0.6) is 0 Å². The molecule has 0 aliphatic carbocycles. The molecule has 3 aromatic heterocycles. The number of hydrogen-bond acceptors (Lipinski definition) is 4. The molecule has 120 valence electrons. The number of pyridine rings is 1. The van der Waals surface area contributed by atoms with Gasteiger partial charge in [-0.25, -0.2) is 4.98 Å². The summed E-state index contributed by atoms with van der Waals surface area (Å²) < 4.78 is 3.50. The Hall–Kier alpha value is -2.70. The summed E-state index contributed by atoms with van der Waals surface area (Å²) in [6, 6.07) is 1.79. The molecule has 0 aliphatic rings. The van der Waals surface area contributed by atoms with Crippen LogP contribution in [0, 0.1) is 20.8 Å². The molecule has 0 aliphatic heterocycles. The second-order valence-electron chi connectivity index (χ2n) is 5.77. The molecule has 0 radical (unpaired) electrons. The summed E-state index contributed by atoms with van der Waals surface area (Å²) in [5.41, 5.74) is 5.14. The minimum Gasteiger partial charge on any atom is -0.348 e. The molecule has 3 aromatic rings. The molecule has 0 saturated carbocycles. The van der Waals surface area contributed by atoms with E-state index in [9.17, 15) is 4.79 Å². The van der Waals surface area contributed by atoms with Crippen molar-refractivity contribution in [3.05, 3.63) is 40.5 Å². The number of rotatable bonds is 3. The number of nitrogens with zero attached hydrogens (tertiary/aromatic N) is 5. The summed E-state index contributed by atoms with van der Waals surface area (Å²) in [6.45, 7) is 6.27. The zero-order valence-electron chi connectivity index (χ0n) is 14.0. The van der Waals surface area contributed by atoms with Crippen LogP contribution in [0.1, 0.15) is 33.0 Å². The lowest BCUT2D eigenvalue weighted by atomic mass is 10.1. The highest BCUT2D eigenvalue weighted by Crippen LogP contribution is 2.18. The molecule has 3 rings (SSSR count).